The third kappa shape index (κ3) is 3.68. The zero-order chi connectivity index (χ0) is 13.8. The molecule has 1 heterocycles. The number of aromatic amines is 1. The average molecular weight is 256 g/mol. The van der Waals surface area contributed by atoms with Gasteiger partial charge in [0.25, 0.3) is 0 Å². The molecule has 0 unspecified atom stereocenters. The average Bonchev–Trinajstić information content (AvgIpc) is 2.75. The second-order valence-electron chi connectivity index (χ2n) is 4.89. The summed E-state index contributed by atoms with van der Waals surface area (Å²) in [5.41, 5.74) is 3.21. The number of amidine groups is 1. The molecule has 2 aromatic rings. The fourth-order valence-electron chi connectivity index (χ4n) is 1.93. The van der Waals surface area contributed by atoms with Crippen LogP contribution in [-0.2, 0) is 0 Å². The molecule has 19 heavy (non-hydrogen) atoms. The van der Waals surface area contributed by atoms with Crippen LogP contribution in [0.5, 0.6) is 0 Å². The summed E-state index contributed by atoms with van der Waals surface area (Å²) in [5.74, 6) is 1.86. The number of imidazole rings is 1. The van der Waals surface area contributed by atoms with E-state index in [1.165, 1.54) is 0 Å². The van der Waals surface area contributed by atoms with Gasteiger partial charge in [-0.05, 0) is 45.4 Å². The number of benzene rings is 1. The first-order chi connectivity index (χ1) is 9.04. The number of aliphatic imine (C=N–C) groups is 1. The van der Waals surface area contributed by atoms with E-state index >= 15 is 0 Å². The third-order valence-electron chi connectivity index (χ3n) is 2.68. The lowest BCUT2D eigenvalue weighted by Crippen LogP contribution is -2.09. The SMILES string of the molecule is CC(=NC(C)C)Nc1ccc(-c2cnc(C)[nH]2)cc1. The largest absolute Gasteiger partial charge is 0.344 e. The number of H-pyrrole nitrogens is 1. The van der Waals surface area contributed by atoms with Crippen LogP contribution in [0, 0.1) is 6.92 Å². The first kappa shape index (κ1) is 13.3. The summed E-state index contributed by atoms with van der Waals surface area (Å²) in [6.45, 7) is 8.06. The van der Waals surface area contributed by atoms with Crippen molar-refractivity contribution in [2.45, 2.75) is 33.7 Å². The van der Waals surface area contributed by atoms with Crippen LogP contribution in [0.2, 0.25) is 0 Å². The van der Waals surface area contributed by atoms with Crippen molar-refractivity contribution in [1.29, 1.82) is 0 Å². The Morgan fingerprint density at radius 2 is 1.95 bits per heavy atom. The highest BCUT2D eigenvalue weighted by atomic mass is 15.0. The van der Waals surface area contributed by atoms with Crippen LogP contribution in [0.25, 0.3) is 11.3 Å². The van der Waals surface area contributed by atoms with Crippen molar-refractivity contribution in [2.75, 3.05) is 5.32 Å². The van der Waals surface area contributed by atoms with E-state index in [4.69, 9.17) is 0 Å². The van der Waals surface area contributed by atoms with Crippen LogP contribution in [0.4, 0.5) is 5.69 Å². The lowest BCUT2D eigenvalue weighted by Gasteiger charge is -2.08. The number of anilines is 1. The second-order valence-corrected chi connectivity index (χ2v) is 4.89. The highest BCUT2D eigenvalue weighted by Crippen LogP contribution is 2.19. The quantitative estimate of drug-likeness (QED) is 0.651. The van der Waals surface area contributed by atoms with Gasteiger partial charge in [0, 0.05) is 11.7 Å². The number of nitrogens with zero attached hydrogens (tertiary/aromatic N) is 2. The Labute approximate surface area is 114 Å². The van der Waals surface area contributed by atoms with Gasteiger partial charge in [-0.1, -0.05) is 12.1 Å². The second kappa shape index (κ2) is 5.69. The Kier molecular flexibility index (Phi) is 4.00. The molecule has 0 radical (unpaired) electrons. The summed E-state index contributed by atoms with van der Waals surface area (Å²) in [6.07, 6.45) is 1.85. The minimum Gasteiger partial charge on any atom is -0.344 e. The molecule has 0 fully saturated rings. The van der Waals surface area contributed by atoms with Gasteiger partial charge < -0.3 is 10.3 Å². The van der Waals surface area contributed by atoms with Crippen LogP contribution in [-0.4, -0.2) is 21.8 Å². The van der Waals surface area contributed by atoms with Crippen molar-refractivity contribution in [1.82, 2.24) is 9.97 Å². The molecule has 0 bridgehead atoms. The molecule has 1 aromatic heterocycles. The molecule has 0 amide bonds. The molecule has 0 saturated heterocycles. The van der Waals surface area contributed by atoms with Gasteiger partial charge in [-0.15, -0.1) is 0 Å². The predicted octanol–water partition coefficient (Wildman–Crippen LogP) is 3.62. The zero-order valence-electron chi connectivity index (χ0n) is 11.9. The first-order valence-electron chi connectivity index (χ1n) is 6.48. The molecule has 0 aliphatic carbocycles. The van der Waals surface area contributed by atoms with Gasteiger partial charge in [0.15, 0.2) is 0 Å². The monoisotopic (exact) mass is 256 g/mol. The smallest absolute Gasteiger partial charge is 0.103 e. The molecule has 2 N–H and O–H groups in total. The topological polar surface area (TPSA) is 53.1 Å². The summed E-state index contributed by atoms with van der Waals surface area (Å²) in [5, 5.41) is 3.28. The van der Waals surface area contributed by atoms with Gasteiger partial charge in [-0.25, -0.2) is 4.98 Å². The van der Waals surface area contributed by atoms with Crippen molar-refractivity contribution in [3.63, 3.8) is 0 Å². The Morgan fingerprint density at radius 1 is 1.26 bits per heavy atom. The summed E-state index contributed by atoms with van der Waals surface area (Å²) in [7, 11) is 0. The molecule has 100 valence electrons. The van der Waals surface area contributed by atoms with Crippen molar-refractivity contribution in [3.05, 3.63) is 36.3 Å². The van der Waals surface area contributed by atoms with Crippen LogP contribution >= 0.6 is 0 Å². The van der Waals surface area contributed by atoms with E-state index in [2.05, 4.69) is 46.3 Å². The molecule has 0 atom stereocenters. The number of nitrogens with one attached hydrogen (secondary N) is 2. The molecular formula is C15H20N4. The molecule has 0 aliphatic heterocycles. The molecule has 2 rings (SSSR count). The molecular weight excluding hydrogens is 236 g/mol. The number of rotatable bonds is 3. The highest BCUT2D eigenvalue weighted by Gasteiger charge is 2.01. The minimum absolute atomic E-state index is 0.305. The van der Waals surface area contributed by atoms with E-state index in [1.54, 1.807) is 0 Å². The van der Waals surface area contributed by atoms with Crippen molar-refractivity contribution >= 4 is 11.5 Å². The van der Waals surface area contributed by atoms with Gasteiger partial charge in [0.2, 0.25) is 0 Å². The summed E-state index contributed by atoms with van der Waals surface area (Å²) < 4.78 is 0. The van der Waals surface area contributed by atoms with Crippen LogP contribution in [0.15, 0.2) is 35.5 Å². The predicted molar refractivity (Wildman–Crippen MR) is 80.6 cm³/mol. The number of aryl methyl sites for hydroxylation is 1. The maximum Gasteiger partial charge on any atom is 0.103 e. The molecule has 0 saturated carbocycles. The number of aromatic nitrogens is 2. The molecule has 0 spiro atoms. The Hall–Kier alpha value is -2.10. The maximum absolute atomic E-state index is 4.45. The standard InChI is InChI=1S/C15H20N4/c1-10(2)17-12(4)18-14-7-5-13(6-8-14)15-9-16-11(3)19-15/h5-10H,1-4H3,(H,16,19)(H,17,18). The van der Waals surface area contributed by atoms with Crippen molar-refractivity contribution < 1.29 is 0 Å². The molecule has 1 aromatic carbocycles. The minimum atomic E-state index is 0.305. The normalized spacial score (nSPS) is 11.9. The van der Waals surface area contributed by atoms with E-state index in [9.17, 15) is 0 Å². The van der Waals surface area contributed by atoms with Gasteiger partial charge in [0.1, 0.15) is 5.82 Å². The summed E-state index contributed by atoms with van der Waals surface area (Å²) >= 11 is 0. The molecule has 4 nitrogen and oxygen atoms in total. The lowest BCUT2D eigenvalue weighted by molar-refractivity contribution is 0.834. The summed E-state index contributed by atoms with van der Waals surface area (Å²) in [4.78, 5) is 11.9. The Balaban J connectivity index is 2.11. The Morgan fingerprint density at radius 3 is 2.47 bits per heavy atom. The van der Waals surface area contributed by atoms with Gasteiger partial charge >= 0.3 is 0 Å². The van der Waals surface area contributed by atoms with E-state index < -0.39 is 0 Å². The number of hydrogen-bond acceptors (Lipinski definition) is 2. The van der Waals surface area contributed by atoms with E-state index in [1.807, 2.05) is 32.2 Å². The zero-order valence-corrected chi connectivity index (χ0v) is 11.9. The van der Waals surface area contributed by atoms with E-state index in [-0.39, 0.29) is 0 Å². The lowest BCUT2D eigenvalue weighted by atomic mass is 10.1. The van der Waals surface area contributed by atoms with E-state index in [0.717, 1.165) is 28.6 Å². The number of hydrogen-bond donors (Lipinski definition) is 2. The highest BCUT2D eigenvalue weighted by molar-refractivity contribution is 5.93. The van der Waals surface area contributed by atoms with Crippen molar-refractivity contribution in [2.24, 2.45) is 4.99 Å². The van der Waals surface area contributed by atoms with Crippen LogP contribution in [0.1, 0.15) is 26.6 Å². The van der Waals surface area contributed by atoms with Gasteiger partial charge in [0.05, 0.1) is 17.7 Å². The fraction of sp³-hybridized carbons (Fsp3) is 0.333. The summed E-state index contributed by atoms with van der Waals surface area (Å²) in [6, 6.07) is 8.53. The van der Waals surface area contributed by atoms with Gasteiger partial charge in [-0.3, -0.25) is 4.99 Å². The fourth-order valence-corrected chi connectivity index (χ4v) is 1.93. The molecule has 0 aliphatic rings. The van der Waals surface area contributed by atoms with Crippen LogP contribution < -0.4 is 5.32 Å². The van der Waals surface area contributed by atoms with Gasteiger partial charge in [-0.2, -0.15) is 0 Å². The third-order valence-corrected chi connectivity index (χ3v) is 2.68. The Bertz CT molecular complexity index is 564. The molecule has 4 heteroatoms. The van der Waals surface area contributed by atoms with Crippen LogP contribution in [0.3, 0.4) is 0 Å². The maximum atomic E-state index is 4.45. The first-order valence-corrected chi connectivity index (χ1v) is 6.48. The van der Waals surface area contributed by atoms with Crippen molar-refractivity contribution in [3.8, 4) is 11.3 Å². The van der Waals surface area contributed by atoms with E-state index in [0.29, 0.717) is 6.04 Å².